The maximum Gasteiger partial charge on any atom is 0.221 e. The molecule has 0 atom stereocenters. The van der Waals surface area contributed by atoms with E-state index in [1.807, 2.05) is 24.3 Å². The Kier molecular flexibility index (Phi) is 2.60. The molecule has 1 heterocycles. The van der Waals surface area contributed by atoms with Gasteiger partial charge < -0.3 is 5.73 Å². The fraction of sp³-hybridized carbons (Fsp3) is 0.0769. The second-order valence-electron chi connectivity index (χ2n) is 3.46. The van der Waals surface area contributed by atoms with Gasteiger partial charge in [-0.2, -0.15) is 0 Å². The summed E-state index contributed by atoms with van der Waals surface area (Å²) in [5.74, 6) is -0.427. The van der Waals surface area contributed by atoms with Gasteiger partial charge in [0.05, 0.1) is 13.5 Å². The SMILES string of the molecule is [2H]c1cc(-c2ccccn2)ccc1CC(N)=O. The maximum absolute atomic E-state index is 10.8. The van der Waals surface area contributed by atoms with E-state index in [0.717, 1.165) is 11.3 Å². The first kappa shape index (κ1) is 9.09. The zero-order valence-corrected chi connectivity index (χ0v) is 8.68. The third-order valence-corrected chi connectivity index (χ3v) is 2.20. The van der Waals surface area contributed by atoms with Crippen LogP contribution < -0.4 is 5.73 Å². The molecule has 1 amide bonds. The zero-order valence-electron chi connectivity index (χ0n) is 9.68. The van der Waals surface area contributed by atoms with E-state index in [9.17, 15) is 4.79 Å². The highest BCUT2D eigenvalue weighted by atomic mass is 16.1. The number of primary amides is 1. The first-order chi connectivity index (χ1) is 8.16. The van der Waals surface area contributed by atoms with E-state index in [4.69, 9.17) is 7.10 Å². The largest absolute Gasteiger partial charge is 0.369 e. The van der Waals surface area contributed by atoms with Gasteiger partial charge >= 0.3 is 0 Å². The van der Waals surface area contributed by atoms with Crippen LogP contribution in [0.5, 0.6) is 0 Å². The van der Waals surface area contributed by atoms with Crippen LogP contribution in [-0.4, -0.2) is 10.9 Å². The summed E-state index contributed by atoms with van der Waals surface area (Å²) in [6, 6.07) is 11.2. The Bertz CT molecular complexity index is 540. The molecule has 0 aliphatic carbocycles. The first-order valence-electron chi connectivity index (χ1n) is 5.46. The van der Waals surface area contributed by atoms with E-state index in [0.29, 0.717) is 11.6 Å². The minimum absolute atomic E-state index is 0.0985. The molecule has 0 saturated heterocycles. The molecule has 3 heteroatoms. The third kappa shape index (κ3) is 2.45. The molecule has 1 aromatic heterocycles. The van der Waals surface area contributed by atoms with Crippen molar-refractivity contribution in [2.75, 3.05) is 0 Å². The molecule has 0 aliphatic heterocycles. The van der Waals surface area contributed by atoms with Crippen molar-refractivity contribution in [3.8, 4) is 11.3 Å². The normalized spacial score (nSPS) is 10.9. The lowest BCUT2D eigenvalue weighted by molar-refractivity contribution is -0.117. The van der Waals surface area contributed by atoms with Crippen molar-refractivity contribution < 1.29 is 6.17 Å². The molecule has 1 aromatic carbocycles. The van der Waals surface area contributed by atoms with Gasteiger partial charge in [0.25, 0.3) is 0 Å². The highest BCUT2D eigenvalue weighted by molar-refractivity contribution is 5.76. The van der Waals surface area contributed by atoms with Gasteiger partial charge in [-0.3, -0.25) is 9.78 Å². The summed E-state index contributed by atoms with van der Waals surface area (Å²) in [6.45, 7) is 0. The Morgan fingerprint density at radius 1 is 1.31 bits per heavy atom. The number of carbonyl (C=O) groups is 1. The minimum atomic E-state index is -0.427. The van der Waals surface area contributed by atoms with Gasteiger partial charge in [0.1, 0.15) is 0 Å². The summed E-state index contributed by atoms with van der Waals surface area (Å²) >= 11 is 0. The Hall–Kier alpha value is -2.16. The van der Waals surface area contributed by atoms with Crippen LogP contribution in [0.25, 0.3) is 11.3 Å². The molecule has 0 bridgehead atoms. The van der Waals surface area contributed by atoms with Gasteiger partial charge in [0.15, 0.2) is 0 Å². The van der Waals surface area contributed by atoms with Gasteiger partial charge in [-0.1, -0.05) is 30.3 Å². The third-order valence-electron chi connectivity index (χ3n) is 2.20. The summed E-state index contributed by atoms with van der Waals surface area (Å²) < 4.78 is 7.82. The Balaban J connectivity index is 2.34. The summed E-state index contributed by atoms with van der Waals surface area (Å²) in [5, 5.41) is 0. The molecular formula is C13H12N2O. The van der Waals surface area contributed by atoms with Crippen LogP contribution in [0.15, 0.2) is 48.6 Å². The summed E-state index contributed by atoms with van der Waals surface area (Å²) in [7, 11) is 0. The lowest BCUT2D eigenvalue weighted by Crippen LogP contribution is -2.13. The molecule has 80 valence electrons. The molecule has 0 radical (unpaired) electrons. The second-order valence-corrected chi connectivity index (χ2v) is 3.46. The van der Waals surface area contributed by atoms with E-state index in [1.165, 1.54) is 0 Å². The van der Waals surface area contributed by atoms with Gasteiger partial charge in [0, 0.05) is 11.8 Å². The highest BCUT2D eigenvalue weighted by Crippen LogP contribution is 2.16. The fourth-order valence-electron chi connectivity index (χ4n) is 1.45. The monoisotopic (exact) mass is 213 g/mol. The predicted molar refractivity (Wildman–Crippen MR) is 62.6 cm³/mol. The highest BCUT2D eigenvalue weighted by Gasteiger charge is 2.00. The van der Waals surface area contributed by atoms with Gasteiger partial charge in [-0.15, -0.1) is 0 Å². The molecule has 0 fully saturated rings. The number of benzene rings is 1. The lowest BCUT2D eigenvalue weighted by atomic mass is 10.1. The molecular weight excluding hydrogens is 200 g/mol. The number of aromatic nitrogens is 1. The summed E-state index contributed by atoms with van der Waals surface area (Å²) in [5.41, 5.74) is 7.42. The van der Waals surface area contributed by atoms with Crippen molar-refractivity contribution in [3.05, 3.63) is 54.2 Å². The topological polar surface area (TPSA) is 56.0 Å². The predicted octanol–water partition coefficient (Wildman–Crippen LogP) is 1.78. The Morgan fingerprint density at radius 3 is 2.81 bits per heavy atom. The molecule has 2 N–H and O–H groups in total. The number of hydrogen-bond donors (Lipinski definition) is 1. The number of carbonyl (C=O) groups excluding carboxylic acids is 1. The van der Waals surface area contributed by atoms with Crippen molar-refractivity contribution in [2.24, 2.45) is 5.73 Å². The van der Waals surface area contributed by atoms with Crippen molar-refractivity contribution in [2.45, 2.75) is 6.42 Å². The minimum Gasteiger partial charge on any atom is -0.369 e. The van der Waals surface area contributed by atoms with Crippen molar-refractivity contribution in [1.82, 2.24) is 4.98 Å². The molecule has 16 heavy (non-hydrogen) atoms. The molecule has 2 aromatic rings. The zero-order chi connectivity index (χ0) is 12.3. The smallest absolute Gasteiger partial charge is 0.221 e. The van der Waals surface area contributed by atoms with E-state index in [2.05, 4.69) is 4.98 Å². The molecule has 0 aliphatic rings. The molecule has 0 saturated carbocycles. The summed E-state index contributed by atoms with van der Waals surface area (Å²) in [6.07, 6.45) is 1.80. The number of amides is 1. The van der Waals surface area contributed by atoms with Crippen LogP contribution in [0.4, 0.5) is 0 Å². The van der Waals surface area contributed by atoms with Crippen LogP contribution in [0.2, 0.25) is 0 Å². The van der Waals surface area contributed by atoms with Crippen LogP contribution in [0.1, 0.15) is 6.93 Å². The van der Waals surface area contributed by atoms with E-state index < -0.39 is 5.91 Å². The Morgan fingerprint density at radius 2 is 2.19 bits per heavy atom. The maximum atomic E-state index is 10.8. The number of rotatable bonds is 3. The van der Waals surface area contributed by atoms with E-state index in [-0.39, 0.29) is 6.42 Å². The average Bonchev–Trinajstić information content (AvgIpc) is 2.32. The molecule has 2 rings (SSSR count). The number of nitrogens with zero attached hydrogens (tertiary/aromatic N) is 1. The van der Waals surface area contributed by atoms with E-state index >= 15 is 0 Å². The summed E-state index contributed by atoms with van der Waals surface area (Å²) in [4.78, 5) is 15.0. The fourth-order valence-corrected chi connectivity index (χ4v) is 1.45. The van der Waals surface area contributed by atoms with Crippen molar-refractivity contribution >= 4 is 5.91 Å². The first-order valence-corrected chi connectivity index (χ1v) is 4.96. The van der Waals surface area contributed by atoms with Gasteiger partial charge in [-0.05, 0) is 17.7 Å². The van der Waals surface area contributed by atoms with Crippen LogP contribution in [-0.2, 0) is 11.2 Å². The second kappa shape index (κ2) is 4.57. The average molecular weight is 213 g/mol. The standard InChI is InChI=1S/C13H12N2O/c14-13(16)9-10-4-6-11(7-5-10)12-3-1-2-8-15-12/h1-8H,9H2,(H2,14,16)/i4D. The van der Waals surface area contributed by atoms with Crippen molar-refractivity contribution in [1.29, 1.82) is 0 Å². The number of hydrogen-bond acceptors (Lipinski definition) is 2. The number of nitrogens with two attached hydrogens (primary N) is 1. The molecule has 0 spiro atoms. The Labute approximate surface area is 95.3 Å². The van der Waals surface area contributed by atoms with Gasteiger partial charge in [-0.25, -0.2) is 0 Å². The van der Waals surface area contributed by atoms with Crippen LogP contribution >= 0.6 is 0 Å². The van der Waals surface area contributed by atoms with Crippen LogP contribution in [0.3, 0.4) is 0 Å². The van der Waals surface area contributed by atoms with Gasteiger partial charge in [0.2, 0.25) is 5.91 Å². The quantitative estimate of drug-likeness (QED) is 0.844. The van der Waals surface area contributed by atoms with Crippen LogP contribution in [0, 0.1) is 0 Å². The number of pyridine rings is 1. The molecule has 0 unspecified atom stereocenters. The van der Waals surface area contributed by atoms with Crippen molar-refractivity contribution in [3.63, 3.8) is 0 Å². The van der Waals surface area contributed by atoms with E-state index in [1.54, 1.807) is 18.3 Å². The lowest BCUT2D eigenvalue weighted by Gasteiger charge is -2.02. The molecule has 3 nitrogen and oxygen atoms in total.